The van der Waals surface area contributed by atoms with Crippen molar-refractivity contribution in [3.8, 4) is 0 Å². The fourth-order valence-electron chi connectivity index (χ4n) is 0.246. The Hall–Kier alpha value is -2.53. The molecule has 0 bridgehead atoms. The number of hydrogen-bond donors (Lipinski definition) is 0. The van der Waals surface area contributed by atoms with Crippen LogP contribution in [0.5, 0.6) is 0 Å². The molecule has 0 heterocycles. The summed E-state index contributed by atoms with van der Waals surface area (Å²) in [4.78, 5) is 25.2. The second-order valence-corrected chi connectivity index (χ2v) is 24.7. The average Bonchev–Trinajstić information content (AvgIpc) is 3.12. The van der Waals surface area contributed by atoms with Crippen LogP contribution in [0.25, 0.3) is 0 Å². The Balaban J connectivity index is -0.0000000319. The summed E-state index contributed by atoms with van der Waals surface area (Å²) < 4.78 is 115. The molecule has 0 N–H and O–H groups in total. The lowest BCUT2D eigenvalue weighted by atomic mass is 10.7. The Bertz CT molecular complexity index is 1460. The Kier molecular flexibility index (Phi) is 113. The van der Waals surface area contributed by atoms with Gasteiger partial charge in [0.1, 0.15) is 9.84 Å². The van der Waals surface area contributed by atoms with Gasteiger partial charge in [-0.15, -0.1) is 78.9 Å². The van der Waals surface area contributed by atoms with Gasteiger partial charge in [-0.2, -0.15) is 11.8 Å². The van der Waals surface area contributed by atoms with Crippen molar-refractivity contribution >= 4 is 84.3 Å². The first kappa shape index (κ1) is 104. The molecule has 0 aromatic heterocycles. The number of nitrogens with zero attached hydrogens (tertiary/aromatic N) is 6. The maximum atomic E-state index is 10.5. The minimum Gasteiger partial charge on any atom is -0.349 e. The molecule has 2 amide bonds. The summed E-state index contributed by atoms with van der Waals surface area (Å²) >= 11 is 1.75. The normalized spacial score (nSPS) is 9.08. The van der Waals surface area contributed by atoms with Crippen molar-refractivity contribution in [3.05, 3.63) is 78.9 Å². The summed E-state index contributed by atoms with van der Waals surface area (Å²) in [6.45, 7) is 39.1. The molecule has 0 fully saturated rings. The lowest BCUT2D eigenvalue weighted by Gasteiger charge is -2.09. The van der Waals surface area contributed by atoms with Crippen LogP contribution in [0.2, 0.25) is 0 Å². The number of thioether (sulfide) groups is 1. The van der Waals surface area contributed by atoms with Crippen molar-refractivity contribution in [1.82, 2.24) is 27.0 Å². The van der Waals surface area contributed by atoms with Crippen LogP contribution in [0.1, 0.15) is 13.8 Å². The van der Waals surface area contributed by atoms with Crippen LogP contribution in [0, 0.1) is 0 Å². The molecule has 0 unspecified atom stereocenters. The molecule has 0 aliphatic carbocycles. The van der Waals surface area contributed by atoms with Gasteiger partial charge in [0.05, 0.1) is 25.0 Å². The zero-order chi connectivity index (χ0) is 57.4. The topological polar surface area (TPSA) is 241 Å². The molecule has 0 aliphatic rings. The van der Waals surface area contributed by atoms with Gasteiger partial charge in [0.15, 0.2) is 0 Å². The molecule has 0 spiro atoms. The quantitative estimate of drug-likeness (QED) is 0.365. The number of hydrogen-bond acceptors (Lipinski definition) is 15. The molecule has 0 saturated carbocycles. The van der Waals surface area contributed by atoms with Gasteiger partial charge in [-0.05, 0) is 33.7 Å². The van der Waals surface area contributed by atoms with Gasteiger partial charge in [-0.3, -0.25) is 13.8 Å². The molecule has 0 aromatic rings. The van der Waals surface area contributed by atoms with E-state index >= 15 is 0 Å². The molecule has 398 valence electrons. The van der Waals surface area contributed by atoms with E-state index in [-0.39, 0.29) is 11.8 Å². The van der Waals surface area contributed by atoms with E-state index in [9.17, 15) is 55.9 Å². The number of rotatable bonds is 4. The summed E-state index contributed by atoms with van der Waals surface area (Å²) in [5.41, 5.74) is 0. The Morgan fingerprint density at radius 1 is 0.406 bits per heavy atom. The van der Waals surface area contributed by atoms with E-state index in [0.29, 0.717) is 3.71 Å². The molecule has 0 aromatic carbocycles. The minimum atomic E-state index is -3.62. The number of sulfonamides is 4. The van der Waals surface area contributed by atoms with Gasteiger partial charge in [0.2, 0.25) is 51.9 Å². The first-order valence-corrected chi connectivity index (χ1v) is 30.2. The van der Waals surface area contributed by atoms with Crippen molar-refractivity contribution < 1.29 is 55.9 Å². The van der Waals surface area contributed by atoms with Crippen molar-refractivity contribution in [1.29, 1.82) is 0 Å². The fraction of sp³-hybridized carbons (Fsp3) is 0.632. The Morgan fingerprint density at radius 3 is 0.469 bits per heavy atom. The van der Waals surface area contributed by atoms with Crippen LogP contribution in [-0.2, 0) is 70.3 Å². The highest BCUT2D eigenvalue weighted by atomic mass is 32.3. The summed E-state index contributed by atoms with van der Waals surface area (Å²) in [6, 6.07) is 0. The lowest BCUT2D eigenvalue weighted by molar-refractivity contribution is -0.127. The second-order valence-electron chi connectivity index (χ2n) is 11.5. The van der Waals surface area contributed by atoms with Gasteiger partial charge < -0.3 is 14.7 Å². The molecule has 0 rings (SSSR count). The van der Waals surface area contributed by atoms with E-state index in [1.807, 2.05) is 38.6 Å². The highest BCUT2D eigenvalue weighted by Crippen LogP contribution is 1.98. The number of amides is 2. The van der Waals surface area contributed by atoms with Crippen LogP contribution in [0.15, 0.2) is 78.9 Å². The Morgan fingerprint density at radius 2 is 0.469 bits per heavy atom. The number of carbonyl (C=O) groups is 2. The zero-order valence-corrected chi connectivity index (χ0v) is 50.0. The van der Waals surface area contributed by atoms with Gasteiger partial charge in [-0.1, -0.05) is 3.71 Å². The smallest absolute Gasteiger partial charge is 0.223 e. The van der Waals surface area contributed by atoms with Crippen molar-refractivity contribution in [3.63, 3.8) is 0 Å². The molecule has 64 heavy (non-hydrogen) atoms. The molecule has 0 radical (unpaired) electrons. The second kappa shape index (κ2) is 69.5. The van der Waals surface area contributed by atoms with Gasteiger partial charge >= 0.3 is 0 Å². The van der Waals surface area contributed by atoms with Crippen LogP contribution in [0.3, 0.4) is 0 Å². The molecule has 0 atom stereocenters. The van der Waals surface area contributed by atoms with Gasteiger partial charge in [-0.25, -0.2) is 50.7 Å². The predicted molar refractivity (Wildman–Crippen MR) is 291 cm³/mol. The number of sulfone groups is 1. The highest BCUT2D eigenvalue weighted by Gasteiger charge is 2.20. The van der Waals surface area contributed by atoms with Crippen LogP contribution >= 0.6 is 11.8 Å². The molecule has 26 heteroatoms. The lowest BCUT2D eigenvalue weighted by Crippen LogP contribution is -2.31. The molecule has 19 nitrogen and oxygen atoms in total. The predicted octanol–water partition coefficient (Wildman–Crippen LogP) is 3.67. The first-order chi connectivity index (χ1) is 28.2. The molecular weight excluding hydrogens is 973 g/mol. The van der Waals surface area contributed by atoms with Crippen LogP contribution < -0.4 is 0 Å². The molecular formula is C38H96N6O13S7. The van der Waals surface area contributed by atoms with E-state index in [1.54, 1.807) is 52.5 Å². The van der Waals surface area contributed by atoms with E-state index in [4.69, 9.17) is 0 Å². The average molecular weight is 1070 g/mol. The third-order valence-corrected chi connectivity index (χ3v) is 9.67. The van der Waals surface area contributed by atoms with Crippen LogP contribution in [0.4, 0.5) is 0 Å². The fourth-order valence-corrected chi connectivity index (χ4v) is 2.21. The maximum Gasteiger partial charge on any atom is 0.223 e. The van der Waals surface area contributed by atoms with E-state index in [2.05, 4.69) is 78.9 Å². The largest absolute Gasteiger partial charge is 0.349 e. The highest BCUT2D eigenvalue weighted by molar-refractivity contribution is 8.03. The minimum absolute atomic E-state index is 0.0926. The third kappa shape index (κ3) is 234. The van der Waals surface area contributed by atoms with E-state index in [0.717, 1.165) is 53.2 Å². The maximum absolute atomic E-state index is 10.5. The summed E-state index contributed by atoms with van der Waals surface area (Å²) in [5.74, 6) is 0.185. The first-order valence-electron chi connectivity index (χ1n) is 16.9. The van der Waals surface area contributed by atoms with Crippen molar-refractivity contribution in [2.75, 3.05) is 147 Å². The van der Waals surface area contributed by atoms with E-state index in [1.165, 1.54) is 51.8 Å². The van der Waals surface area contributed by atoms with Crippen LogP contribution in [-0.4, -0.2) is 232 Å². The van der Waals surface area contributed by atoms with Crippen molar-refractivity contribution in [2.45, 2.75) is 13.8 Å². The van der Waals surface area contributed by atoms with Gasteiger partial charge in [0.25, 0.3) is 0 Å². The Labute approximate surface area is 404 Å². The number of carbonyl (C=O) groups excluding carboxylic acids is 2. The van der Waals surface area contributed by atoms with Gasteiger partial charge in [0, 0.05) is 113 Å². The summed E-state index contributed by atoms with van der Waals surface area (Å²) in [7, 11) is 3.55. The monoisotopic (exact) mass is 1070 g/mol. The SMILES string of the molecule is C=C.C=C.C=C.C=C.C=C.C=C.CC(=O)N(C)C.CC(=O)N(C)C.CN(C)C.CN(C)S(C)(=O)=O.CN(C)S(C)(=O)=O.CN(S(C)(=O)=O)S(C)(=O)=O.CS(C)(=O)=O.CS(C)=O.CSC. The zero-order valence-electron chi connectivity index (χ0n) is 44.3. The standard InChI is InChI=1S/2C4H9NO.C3H9NO4S2.2C3H9NO2S.C3H9N.C2H6O2S.C2H6OS.C2H6S.6C2H4/c2*1-4(6)5(2)3;1-4(9(2,5)6)10(3,7)8;2*1-4(2)7(3,5)6;1-4(2)3;1-5(2,3)4;1-4(2)3;1-3-2;6*1-2/h2*1-3H3;1-3H3;2*1-3H3;1-3H3;1-2H3;1-2H3;1-2H3;6*1-2H2. The summed E-state index contributed by atoms with van der Waals surface area (Å²) in [6.07, 6.45) is 13.7. The third-order valence-electron chi connectivity index (χ3n) is 3.52. The molecule has 0 saturated heterocycles. The summed E-state index contributed by atoms with van der Waals surface area (Å²) in [5, 5.41) is 0. The molecule has 0 aliphatic heterocycles. The van der Waals surface area contributed by atoms with E-state index < -0.39 is 60.7 Å². The van der Waals surface area contributed by atoms with Crippen molar-refractivity contribution in [2.24, 2.45) is 0 Å².